The van der Waals surface area contributed by atoms with Crippen molar-refractivity contribution in [1.82, 2.24) is 10.2 Å². The second-order valence-electron chi connectivity index (χ2n) is 4.70. The first-order valence-corrected chi connectivity index (χ1v) is 6.47. The van der Waals surface area contributed by atoms with Gasteiger partial charge in [0.05, 0.1) is 0 Å². The Morgan fingerprint density at radius 3 is 2.71 bits per heavy atom. The highest BCUT2D eigenvalue weighted by molar-refractivity contribution is 6.25. The molecule has 1 saturated carbocycles. The second-order valence-corrected chi connectivity index (χ2v) is 4.95. The van der Waals surface area contributed by atoms with Crippen LogP contribution in [0.3, 0.4) is 0 Å². The number of carbonyl (C=O) groups is 2. The molecule has 0 aromatic heterocycles. The summed E-state index contributed by atoms with van der Waals surface area (Å²) in [5, 5.41) is 2.92. The maximum absolute atomic E-state index is 12.5. The summed E-state index contributed by atoms with van der Waals surface area (Å²) in [5.41, 5.74) is 0.780. The van der Waals surface area contributed by atoms with Crippen molar-refractivity contribution in [2.24, 2.45) is 0 Å². The number of amides is 2. The maximum atomic E-state index is 12.5. The highest BCUT2D eigenvalue weighted by Crippen LogP contribution is 2.32. The van der Waals surface area contributed by atoms with Gasteiger partial charge in [-0.15, -0.1) is 0 Å². The van der Waals surface area contributed by atoms with Crippen LogP contribution in [0, 0.1) is 0 Å². The Morgan fingerprint density at radius 2 is 2.06 bits per heavy atom. The van der Waals surface area contributed by atoms with Gasteiger partial charge in [0.15, 0.2) is 0 Å². The summed E-state index contributed by atoms with van der Waals surface area (Å²) in [6, 6.07) is 0. The second kappa shape index (κ2) is 5.08. The van der Waals surface area contributed by atoms with Gasteiger partial charge in [-0.2, -0.15) is 0 Å². The van der Waals surface area contributed by atoms with Gasteiger partial charge in [0.25, 0.3) is 0 Å². The average Bonchev–Trinajstić information content (AvgIpc) is 2.73. The van der Waals surface area contributed by atoms with Crippen LogP contribution in [-0.4, -0.2) is 35.3 Å². The Labute approximate surface area is 106 Å². The van der Waals surface area contributed by atoms with Crippen LogP contribution >= 0.6 is 11.6 Å². The van der Waals surface area contributed by atoms with E-state index < -0.39 is 5.54 Å². The van der Waals surface area contributed by atoms with E-state index in [2.05, 4.69) is 5.32 Å². The molecule has 0 aromatic carbocycles. The number of hydrogen-bond donors (Lipinski definition) is 1. The fourth-order valence-electron chi connectivity index (χ4n) is 2.68. The SMILES string of the molecule is O=C1CCN(C/C=C/Cl)C(=O)C2(CCCC2)N1. The molecule has 2 aliphatic rings. The molecule has 2 rings (SSSR count). The van der Waals surface area contributed by atoms with Gasteiger partial charge in [-0.05, 0) is 12.8 Å². The summed E-state index contributed by atoms with van der Waals surface area (Å²) >= 11 is 5.49. The number of hydrogen-bond acceptors (Lipinski definition) is 2. The first-order chi connectivity index (χ1) is 8.18. The molecule has 0 unspecified atom stereocenters. The van der Waals surface area contributed by atoms with Crippen LogP contribution in [0.25, 0.3) is 0 Å². The predicted molar refractivity (Wildman–Crippen MR) is 65.5 cm³/mol. The fourth-order valence-corrected chi connectivity index (χ4v) is 2.76. The minimum atomic E-state index is -0.631. The topological polar surface area (TPSA) is 49.4 Å². The Hall–Kier alpha value is -1.03. The molecule has 17 heavy (non-hydrogen) atoms. The summed E-state index contributed by atoms with van der Waals surface area (Å²) in [5.74, 6) is 0.0354. The van der Waals surface area contributed by atoms with E-state index in [1.165, 1.54) is 5.54 Å². The average molecular weight is 257 g/mol. The zero-order valence-corrected chi connectivity index (χ0v) is 10.5. The van der Waals surface area contributed by atoms with E-state index in [0.29, 0.717) is 19.5 Å². The number of halogens is 1. The lowest BCUT2D eigenvalue weighted by molar-refractivity contribution is -0.138. The van der Waals surface area contributed by atoms with E-state index in [9.17, 15) is 9.59 Å². The van der Waals surface area contributed by atoms with Gasteiger partial charge in [0.1, 0.15) is 5.54 Å². The van der Waals surface area contributed by atoms with Gasteiger partial charge in [0.2, 0.25) is 11.8 Å². The molecule has 1 aliphatic heterocycles. The Bertz CT molecular complexity index is 348. The largest absolute Gasteiger partial charge is 0.342 e. The third-order valence-electron chi connectivity index (χ3n) is 3.56. The molecule has 1 N–H and O–H groups in total. The number of nitrogens with one attached hydrogen (secondary N) is 1. The van der Waals surface area contributed by atoms with Crippen molar-refractivity contribution in [3.63, 3.8) is 0 Å². The molecule has 5 heteroatoms. The highest BCUT2D eigenvalue weighted by atomic mass is 35.5. The minimum absolute atomic E-state index is 0.0161. The zero-order chi connectivity index (χ0) is 12.3. The molecule has 0 aromatic rings. The van der Waals surface area contributed by atoms with Crippen LogP contribution in [0.1, 0.15) is 32.1 Å². The number of rotatable bonds is 2. The van der Waals surface area contributed by atoms with Crippen molar-refractivity contribution in [3.8, 4) is 0 Å². The van der Waals surface area contributed by atoms with E-state index in [4.69, 9.17) is 11.6 Å². The van der Waals surface area contributed by atoms with Gasteiger partial charge < -0.3 is 10.2 Å². The van der Waals surface area contributed by atoms with Gasteiger partial charge in [-0.3, -0.25) is 9.59 Å². The van der Waals surface area contributed by atoms with Gasteiger partial charge in [0, 0.05) is 25.0 Å². The first-order valence-electron chi connectivity index (χ1n) is 6.03. The Balaban J connectivity index is 2.19. The lowest BCUT2D eigenvalue weighted by Crippen LogP contribution is -2.55. The van der Waals surface area contributed by atoms with Crippen molar-refractivity contribution >= 4 is 23.4 Å². The summed E-state index contributed by atoms with van der Waals surface area (Å²) in [7, 11) is 0. The van der Waals surface area contributed by atoms with E-state index in [1.54, 1.807) is 11.0 Å². The predicted octanol–water partition coefficient (Wildman–Crippen LogP) is 1.40. The van der Waals surface area contributed by atoms with Crippen LogP contribution in [0.4, 0.5) is 0 Å². The van der Waals surface area contributed by atoms with Crippen LogP contribution in [0.15, 0.2) is 11.6 Å². The molecular weight excluding hydrogens is 240 g/mol. The Kier molecular flexibility index (Phi) is 3.72. The summed E-state index contributed by atoms with van der Waals surface area (Å²) in [4.78, 5) is 25.9. The molecule has 0 atom stereocenters. The third-order valence-corrected chi connectivity index (χ3v) is 3.73. The molecule has 0 bridgehead atoms. The van der Waals surface area contributed by atoms with Crippen molar-refractivity contribution < 1.29 is 9.59 Å². The molecule has 1 aliphatic carbocycles. The quantitative estimate of drug-likeness (QED) is 0.812. The van der Waals surface area contributed by atoms with Gasteiger partial charge in [-0.1, -0.05) is 30.5 Å². The smallest absolute Gasteiger partial charge is 0.248 e. The van der Waals surface area contributed by atoms with Crippen LogP contribution in [0.2, 0.25) is 0 Å². The third kappa shape index (κ3) is 2.46. The van der Waals surface area contributed by atoms with Gasteiger partial charge >= 0.3 is 0 Å². The van der Waals surface area contributed by atoms with Crippen LogP contribution < -0.4 is 5.32 Å². The van der Waals surface area contributed by atoms with E-state index >= 15 is 0 Å². The standard InChI is InChI=1S/C12H17ClN2O2/c13-7-3-8-15-9-4-10(16)14-12(11(15)17)5-1-2-6-12/h3,7H,1-2,4-6,8-9H2,(H,14,16)/b7-3+. The minimum Gasteiger partial charge on any atom is -0.342 e. The zero-order valence-electron chi connectivity index (χ0n) is 9.75. The molecule has 0 radical (unpaired) electrons. The molecule has 4 nitrogen and oxygen atoms in total. The lowest BCUT2D eigenvalue weighted by Gasteiger charge is -2.31. The molecule has 1 saturated heterocycles. The molecular formula is C12H17ClN2O2. The highest BCUT2D eigenvalue weighted by Gasteiger charge is 2.45. The first kappa shape index (κ1) is 12.4. The molecule has 94 valence electrons. The molecule has 1 heterocycles. The summed E-state index contributed by atoms with van der Waals surface area (Å²) < 4.78 is 0. The van der Waals surface area contributed by atoms with E-state index in [1.807, 2.05) is 0 Å². The molecule has 1 spiro atoms. The molecule has 2 fully saturated rings. The maximum Gasteiger partial charge on any atom is 0.248 e. The molecule has 2 amide bonds. The normalized spacial score (nSPS) is 24.4. The Morgan fingerprint density at radius 1 is 1.35 bits per heavy atom. The lowest BCUT2D eigenvalue weighted by atomic mass is 9.96. The van der Waals surface area contributed by atoms with Crippen molar-refractivity contribution in [2.45, 2.75) is 37.6 Å². The van der Waals surface area contributed by atoms with Gasteiger partial charge in [-0.25, -0.2) is 0 Å². The number of carbonyl (C=O) groups excluding carboxylic acids is 2. The van der Waals surface area contributed by atoms with Crippen molar-refractivity contribution in [3.05, 3.63) is 11.6 Å². The van der Waals surface area contributed by atoms with Crippen molar-refractivity contribution in [1.29, 1.82) is 0 Å². The van der Waals surface area contributed by atoms with E-state index in [0.717, 1.165) is 25.7 Å². The number of nitrogens with zero attached hydrogens (tertiary/aromatic N) is 1. The summed E-state index contributed by atoms with van der Waals surface area (Å²) in [6.45, 7) is 0.965. The van der Waals surface area contributed by atoms with E-state index in [-0.39, 0.29) is 11.8 Å². The van der Waals surface area contributed by atoms with Crippen LogP contribution in [-0.2, 0) is 9.59 Å². The fraction of sp³-hybridized carbons (Fsp3) is 0.667. The summed E-state index contributed by atoms with van der Waals surface area (Å²) in [6.07, 6.45) is 5.65. The van der Waals surface area contributed by atoms with Crippen LogP contribution in [0.5, 0.6) is 0 Å². The monoisotopic (exact) mass is 256 g/mol. The van der Waals surface area contributed by atoms with Crippen molar-refractivity contribution in [2.75, 3.05) is 13.1 Å².